The van der Waals surface area contributed by atoms with Crippen LogP contribution >= 0.6 is 15.9 Å². The molecule has 16 heavy (non-hydrogen) atoms. The van der Waals surface area contributed by atoms with Gasteiger partial charge in [0.2, 0.25) is 0 Å². The molecule has 0 saturated carbocycles. The molecular formula is C11H13BrO4. The van der Waals surface area contributed by atoms with E-state index in [2.05, 4.69) is 20.7 Å². The molecule has 0 unspecified atom stereocenters. The number of phenolic OH excluding ortho intramolecular Hbond substituents is 1. The predicted molar refractivity (Wildman–Crippen MR) is 63.2 cm³/mol. The highest BCUT2D eigenvalue weighted by molar-refractivity contribution is 9.10. The van der Waals surface area contributed by atoms with Crippen molar-refractivity contribution < 1.29 is 19.7 Å². The molecule has 0 spiro atoms. The quantitative estimate of drug-likeness (QED) is 0.613. The van der Waals surface area contributed by atoms with Crippen molar-refractivity contribution in [3.8, 4) is 11.5 Å². The highest BCUT2D eigenvalue weighted by Crippen LogP contribution is 2.42. The van der Waals surface area contributed by atoms with Crippen LogP contribution in [0.2, 0.25) is 0 Å². The Hall–Kier alpha value is -1.23. The maximum Gasteiger partial charge on any atom is 0.511 e. The molecule has 0 bridgehead atoms. The Morgan fingerprint density at radius 1 is 1.38 bits per heavy atom. The number of carboxylic acid groups (broad SMARTS) is 1. The van der Waals surface area contributed by atoms with Crippen LogP contribution in [0.5, 0.6) is 11.5 Å². The van der Waals surface area contributed by atoms with Crippen molar-refractivity contribution in [1.29, 1.82) is 0 Å². The van der Waals surface area contributed by atoms with Crippen LogP contribution < -0.4 is 4.74 Å². The van der Waals surface area contributed by atoms with Gasteiger partial charge in [0.1, 0.15) is 0 Å². The maximum atomic E-state index is 10.4. The lowest BCUT2D eigenvalue weighted by Gasteiger charge is -2.22. The Bertz CT molecular complexity index is 421. The average Bonchev–Trinajstić information content (AvgIpc) is 2.07. The molecule has 2 N–H and O–H groups in total. The van der Waals surface area contributed by atoms with E-state index < -0.39 is 6.16 Å². The molecule has 0 aromatic heterocycles. The minimum absolute atomic E-state index is 0.0550. The van der Waals surface area contributed by atoms with Gasteiger partial charge in [0.05, 0.1) is 0 Å². The van der Waals surface area contributed by atoms with Crippen molar-refractivity contribution in [1.82, 2.24) is 0 Å². The third-order valence-corrected chi connectivity index (χ3v) is 2.70. The Balaban J connectivity index is 3.33. The van der Waals surface area contributed by atoms with Crippen molar-refractivity contribution in [3.05, 3.63) is 22.2 Å². The number of ether oxygens (including phenoxy) is 1. The number of hydrogen-bond acceptors (Lipinski definition) is 3. The van der Waals surface area contributed by atoms with Gasteiger partial charge in [-0.2, -0.15) is 0 Å². The second-order valence-corrected chi connectivity index (χ2v) is 5.24. The van der Waals surface area contributed by atoms with Crippen LogP contribution in [0.15, 0.2) is 16.6 Å². The van der Waals surface area contributed by atoms with Crippen LogP contribution in [0.1, 0.15) is 26.3 Å². The number of rotatable bonds is 1. The Morgan fingerprint density at radius 3 is 2.38 bits per heavy atom. The second-order valence-electron chi connectivity index (χ2n) is 4.39. The summed E-state index contributed by atoms with van der Waals surface area (Å²) in [5.41, 5.74) is 0.298. The smallest absolute Gasteiger partial charge is 0.504 e. The number of benzene rings is 1. The average molecular weight is 289 g/mol. The Morgan fingerprint density at radius 2 is 1.94 bits per heavy atom. The molecule has 0 fully saturated rings. The van der Waals surface area contributed by atoms with Crippen LogP contribution in [-0.2, 0) is 5.41 Å². The predicted octanol–water partition coefficient (Wildman–Crippen LogP) is 3.51. The normalized spacial score (nSPS) is 11.2. The van der Waals surface area contributed by atoms with Gasteiger partial charge in [-0.25, -0.2) is 4.79 Å². The van der Waals surface area contributed by atoms with E-state index in [-0.39, 0.29) is 16.9 Å². The first-order chi connectivity index (χ1) is 7.23. The summed E-state index contributed by atoms with van der Waals surface area (Å²) < 4.78 is 5.20. The third kappa shape index (κ3) is 2.66. The molecule has 1 aromatic rings. The summed E-state index contributed by atoms with van der Waals surface area (Å²) in [7, 11) is 0. The lowest BCUT2D eigenvalue weighted by atomic mass is 9.86. The Labute approximate surface area is 102 Å². The summed E-state index contributed by atoms with van der Waals surface area (Å²) in [6.07, 6.45) is -1.45. The van der Waals surface area contributed by atoms with Crippen LogP contribution in [0.25, 0.3) is 0 Å². The SMILES string of the molecule is CC(C)(C)c1c(Br)ccc(OC(=O)O)c1O. The van der Waals surface area contributed by atoms with Gasteiger partial charge in [0.15, 0.2) is 11.5 Å². The van der Waals surface area contributed by atoms with E-state index in [1.807, 2.05) is 20.8 Å². The van der Waals surface area contributed by atoms with Crippen molar-refractivity contribution >= 4 is 22.1 Å². The molecule has 0 amide bonds. The first-order valence-corrected chi connectivity index (χ1v) is 5.45. The molecule has 0 atom stereocenters. The number of hydrogen-bond donors (Lipinski definition) is 2. The van der Waals surface area contributed by atoms with E-state index in [9.17, 15) is 9.90 Å². The molecule has 0 radical (unpaired) electrons. The van der Waals surface area contributed by atoms with Crippen LogP contribution in [0.3, 0.4) is 0 Å². The first kappa shape index (κ1) is 12.8. The minimum Gasteiger partial charge on any atom is -0.504 e. The van der Waals surface area contributed by atoms with Gasteiger partial charge < -0.3 is 14.9 Å². The van der Waals surface area contributed by atoms with E-state index >= 15 is 0 Å². The second kappa shape index (κ2) is 4.33. The first-order valence-electron chi connectivity index (χ1n) is 4.66. The molecule has 4 nitrogen and oxygen atoms in total. The molecule has 0 aliphatic carbocycles. The summed E-state index contributed by atoms with van der Waals surface area (Å²) in [6.45, 7) is 5.74. The largest absolute Gasteiger partial charge is 0.511 e. The molecule has 1 rings (SSSR count). The minimum atomic E-state index is -1.45. The van der Waals surface area contributed by atoms with E-state index in [4.69, 9.17) is 5.11 Å². The summed E-state index contributed by atoms with van der Waals surface area (Å²) in [6, 6.07) is 3.06. The van der Waals surface area contributed by atoms with E-state index in [0.29, 0.717) is 5.56 Å². The van der Waals surface area contributed by atoms with Crippen molar-refractivity contribution in [2.24, 2.45) is 0 Å². The van der Waals surface area contributed by atoms with Crippen LogP contribution in [0.4, 0.5) is 4.79 Å². The summed E-state index contributed by atoms with van der Waals surface area (Å²) in [5, 5.41) is 18.4. The molecule has 0 heterocycles. The monoisotopic (exact) mass is 288 g/mol. The van der Waals surface area contributed by atoms with E-state index in [1.54, 1.807) is 6.07 Å². The van der Waals surface area contributed by atoms with E-state index in [0.717, 1.165) is 4.47 Å². The zero-order valence-corrected chi connectivity index (χ0v) is 10.8. The fourth-order valence-electron chi connectivity index (χ4n) is 1.44. The van der Waals surface area contributed by atoms with Crippen molar-refractivity contribution in [3.63, 3.8) is 0 Å². The van der Waals surface area contributed by atoms with Gasteiger partial charge in [-0.3, -0.25) is 0 Å². The summed E-state index contributed by atoms with van der Waals surface area (Å²) in [4.78, 5) is 10.4. The third-order valence-electron chi connectivity index (χ3n) is 2.04. The summed E-state index contributed by atoms with van der Waals surface area (Å²) in [5.74, 6) is -0.204. The highest BCUT2D eigenvalue weighted by atomic mass is 79.9. The Kier molecular flexibility index (Phi) is 3.48. The standard InChI is InChI=1S/C11H13BrO4/c1-11(2,3)8-6(12)4-5-7(9(8)13)16-10(14)15/h4-5,13H,1-3H3,(H,14,15). The molecule has 0 aliphatic rings. The lowest BCUT2D eigenvalue weighted by Crippen LogP contribution is -2.13. The zero-order valence-electron chi connectivity index (χ0n) is 9.24. The van der Waals surface area contributed by atoms with Gasteiger partial charge >= 0.3 is 6.16 Å². The molecule has 5 heteroatoms. The van der Waals surface area contributed by atoms with Gasteiger partial charge in [-0.1, -0.05) is 36.7 Å². The molecule has 0 aliphatic heterocycles. The molecule has 1 aromatic carbocycles. The fraction of sp³-hybridized carbons (Fsp3) is 0.364. The van der Waals surface area contributed by atoms with Crippen LogP contribution in [0, 0.1) is 0 Å². The summed E-state index contributed by atoms with van der Waals surface area (Å²) >= 11 is 3.32. The topological polar surface area (TPSA) is 66.8 Å². The maximum absolute atomic E-state index is 10.4. The molecule has 88 valence electrons. The number of halogens is 1. The molecule has 0 saturated heterocycles. The van der Waals surface area contributed by atoms with Gasteiger partial charge in [-0.15, -0.1) is 0 Å². The van der Waals surface area contributed by atoms with Gasteiger partial charge in [-0.05, 0) is 17.5 Å². The highest BCUT2D eigenvalue weighted by Gasteiger charge is 2.24. The zero-order chi connectivity index (χ0) is 12.5. The lowest BCUT2D eigenvalue weighted by molar-refractivity contribution is 0.142. The van der Waals surface area contributed by atoms with Gasteiger partial charge in [0, 0.05) is 10.0 Å². The number of carbonyl (C=O) groups is 1. The van der Waals surface area contributed by atoms with Crippen LogP contribution in [-0.4, -0.2) is 16.4 Å². The fourth-order valence-corrected chi connectivity index (χ4v) is 2.35. The molecular weight excluding hydrogens is 276 g/mol. The van der Waals surface area contributed by atoms with Crippen molar-refractivity contribution in [2.45, 2.75) is 26.2 Å². The van der Waals surface area contributed by atoms with Crippen molar-refractivity contribution in [2.75, 3.05) is 0 Å². The number of aromatic hydroxyl groups is 1. The van der Waals surface area contributed by atoms with E-state index in [1.165, 1.54) is 6.07 Å². The number of phenols is 1. The van der Waals surface area contributed by atoms with Gasteiger partial charge in [0.25, 0.3) is 0 Å².